The van der Waals surface area contributed by atoms with Gasteiger partial charge in [0.2, 0.25) is 14.4 Å². The monoisotopic (exact) mass is 1020 g/mol. The minimum absolute atomic E-state index is 0.0234. The number of nitrogens with zero attached hydrogens (tertiary/aromatic N) is 11. The van der Waals surface area contributed by atoms with Crippen LogP contribution in [0.25, 0.3) is 50.6 Å². The molecule has 6 aromatic carbocycles. The van der Waals surface area contributed by atoms with Crippen LogP contribution in [0.5, 0.6) is 0 Å². The molecule has 0 bridgehead atoms. The molecule has 0 spiro atoms. The molecule has 73 heavy (non-hydrogen) atoms. The van der Waals surface area contributed by atoms with Gasteiger partial charge in [-0.25, -0.2) is 17.9 Å². The summed E-state index contributed by atoms with van der Waals surface area (Å²) in [6.45, 7) is 5.27. The van der Waals surface area contributed by atoms with Crippen LogP contribution in [0.15, 0.2) is 228 Å². The van der Waals surface area contributed by atoms with Crippen LogP contribution in [-0.2, 0) is 22.6 Å². The summed E-state index contributed by atoms with van der Waals surface area (Å²) < 4.78 is 11.2. The first-order valence-electron chi connectivity index (χ1n) is 23.4. The van der Waals surface area contributed by atoms with Crippen molar-refractivity contribution in [1.29, 1.82) is 0 Å². The minimum atomic E-state index is -0.347. The first kappa shape index (κ1) is 49.4. The number of benzene rings is 6. The van der Waals surface area contributed by atoms with Crippen LogP contribution < -0.4 is 14.4 Å². The van der Waals surface area contributed by atoms with Gasteiger partial charge in [0, 0.05) is 35.9 Å². The fraction of sp³-hybridized carbons (Fsp3) is 0.105. The summed E-state index contributed by atoms with van der Waals surface area (Å²) in [7, 11) is 0. The molecular formula is C57H49N11O2S3. The fourth-order valence-electron chi connectivity index (χ4n) is 7.39. The number of hydrogen-bond donors (Lipinski definition) is 0. The van der Waals surface area contributed by atoms with E-state index in [0.29, 0.717) is 24.5 Å². The molecule has 11 aromatic rings. The van der Waals surface area contributed by atoms with Crippen LogP contribution in [-0.4, -0.2) is 55.9 Å². The van der Waals surface area contributed by atoms with Gasteiger partial charge in [-0.05, 0) is 119 Å². The number of carbonyl (C=O) groups excluding carboxylic acids is 1. The highest BCUT2D eigenvalue weighted by atomic mass is 32.1. The number of rotatable bonds is 12. The van der Waals surface area contributed by atoms with E-state index in [1.807, 2.05) is 145 Å². The number of aryl methyl sites for hydroxylation is 1. The van der Waals surface area contributed by atoms with Gasteiger partial charge in [0.15, 0.2) is 11.6 Å². The molecule has 0 radical (unpaired) electrons. The Morgan fingerprint density at radius 1 is 0.507 bits per heavy atom. The first-order valence-corrected chi connectivity index (χ1v) is 25.7. The van der Waals surface area contributed by atoms with Crippen molar-refractivity contribution in [3.8, 4) is 39.8 Å². The number of aromatic nitrogens is 8. The number of carbonyl (C=O) groups is 1. The van der Waals surface area contributed by atoms with E-state index >= 15 is 0 Å². The third kappa shape index (κ3) is 13.2. The van der Waals surface area contributed by atoms with Gasteiger partial charge in [-0.1, -0.05) is 140 Å². The summed E-state index contributed by atoms with van der Waals surface area (Å²) in [4.78, 5) is 49.4. The molecule has 0 aliphatic heterocycles. The molecule has 5 heterocycles. The zero-order chi connectivity index (χ0) is 50.0. The minimum Gasteiger partial charge on any atom is -0.465 e. The molecule has 0 aliphatic rings. The van der Waals surface area contributed by atoms with E-state index in [-0.39, 0.29) is 12.5 Å². The van der Waals surface area contributed by atoms with Gasteiger partial charge < -0.3 is 4.74 Å². The molecule has 0 amide bonds. The van der Waals surface area contributed by atoms with Crippen molar-refractivity contribution in [2.24, 2.45) is 15.0 Å². The van der Waals surface area contributed by atoms with E-state index in [0.717, 1.165) is 66.4 Å². The summed E-state index contributed by atoms with van der Waals surface area (Å²) in [5, 5.41) is 2.38. The lowest BCUT2D eigenvalue weighted by Gasteiger charge is -2.09. The molecule has 16 heteroatoms. The maximum atomic E-state index is 11.5. The molecule has 0 saturated carbocycles. The van der Waals surface area contributed by atoms with Crippen LogP contribution in [0, 0.1) is 6.92 Å². The number of esters is 1. The highest BCUT2D eigenvalue weighted by Gasteiger charge is 2.14. The lowest BCUT2D eigenvalue weighted by Crippen LogP contribution is -2.11. The first-order chi connectivity index (χ1) is 36.0. The number of ether oxygens (including phenoxy) is 1. The van der Waals surface area contributed by atoms with E-state index in [2.05, 4.69) is 105 Å². The number of pyridine rings is 2. The predicted molar refractivity (Wildman–Crippen MR) is 292 cm³/mol. The van der Waals surface area contributed by atoms with Crippen molar-refractivity contribution >= 4 is 51.3 Å². The molecule has 0 aliphatic carbocycles. The molecule has 13 nitrogen and oxygen atoms in total. The van der Waals surface area contributed by atoms with Crippen molar-refractivity contribution < 1.29 is 9.53 Å². The zero-order valence-electron chi connectivity index (χ0n) is 40.0. The smallest absolute Gasteiger partial charge is 0.327 e. The van der Waals surface area contributed by atoms with E-state index in [9.17, 15) is 4.79 Å². The van der Waals surface area contributed by atoms with Crippen molar-refractivity contribution in [3.63, 3.8) is 0 Å². The quantitative estimate of drug-likeness (QED) is 0.111. The molecule has 0 atom stereocenters. The van der Waals surface area contributed by atoms with Gasteiger partial charge in [0.1, 0.15) is 12.4 Å². The van der Waals surface area contributed by atoms with Crippen molar-refractivity contribution in [1.82, 2.24) is 36.8 Å². The molecule has 362 valence electrons. The molecule has 0 fully saturated rings. The average molecular weight is 1020 g/mol. The molecule has 0 unspecified atom stereocenters. The topological polar surface area (TPSA) is 143 Å². The Bertz CT molecular complexity index is 3640. The maximum absolute atomic E-state index is 11.5. The van der Waals surface area contributed by atoms with E-state index in [4.69, 9.17) is 14.7 Å². The van der Waals surface area contributed by atoms with Crippen LogP contribution in [0.1, 0.15) is 23.9 Å². The Labute approximate surface area is 434 Å². The van der Waals surface area contributed by atoms with E-state index in [1.165, 1.54) is 22.3 Å². The van der Waals surface area contributed by atoms with Gasteiger partial charge in [-0.3, -0.25) is 28.7 Å². The molecule has 11 rings (SSSR count). The molecule has 5 aromatic heterocycles. The third-order valence-electron chi connectivity index (χ3n) is 10.8. The Kier molecular flexibility index (Phi) is 16.9. The highest BCUT2D eigenvalue weighted by molar-refractivity contribution is 7.04. The van der Waals surface area contributed by atoms with Crippen LogP contribution in [0.2, 0.25) is 0 Å². The van der Waals surface area contributed by atoms with Gasteiger partial charge in [0.05, 0.1) is 36.8 Å². The van der Waals surface area contributed by atoms with Crippen LogP contribution >= 0.6 is 34.6 Å². The van der Waals surface area contributed by atoms with Gasteiger partial charge >= 0.3 is 5.97 Å². The summed E-state index contributed by atoms with van der Waals surface area (Å²) >= 11 is 4.50. The Hall–Kier alpha value is -8.57. The van der Waals surface area contributed by atoms with E-state index < -0.39 is 0 Å². The number of para-hydroxylation sites is 3. The Morgan fingerprint density at radius 3 is 1.56 bits per heavy atom. The largest absolute Gasteiger partial charge is 0.465 e. The summed E-state index contributed by atoms with van der Waals surface area (Å²) in [6, 6.07) is 63.0. The van der Waals surface area contributed by atoms with Crippen molar-refractivity contribution in [3.05, 3.63) is 244 Å². The second-order valence-electron chi connectivity index (χ2n) is 15.9. The Morgan fingerprint density at radius 2 is 0.986 bits per heavy atom. The highest BCUT2D eigenvalue weighted by Crippen LogP contribution is 2.30. The molecule has 0 N–H and O–H groups in total. The number of hydrogen-bond acceptors (Lipinski definition) is 13. The normalized spacial score (nSPS) is 11.7. The van der Waals surface area contributed by atoms with Gasteiger partial charge in [0.25, 0.3) is 0 Å². The third-order valence-corrected chi connectivity index (χ3v) is 13.7. The van der Waals surface area contributed by atoms with Crippen LogP contribution in [0.4, 0.5) is 0 Å². The van der Waals surface area contributed by atoms with Crippen molar-refractivity contribution in [2.45, 2.75) is 26.9 Å². The lowest BCUT2D eigenvalue weighted by atomic mass is 10.0. The van der Waals surface area contributed by atoms with Crippen LogP contribution in [0.3, 0.4) is 0 Å². The second kappa shape index (κ2) is 25.0. The SMILES string of the molecule is CCOC(=O)C/N=c1\nc(-c2ccccc2)n(-c2ccccc2)s1.Cc1n/c(=N/Cc2cccnc2)sn1-c1ccccc1.c1ccc(-n2s/c(=N\Cc3cccnc3)nc2-c2cccc3ccccc23)cc1. The number of fused-ring (bicyclic) bond motifs is 1. The average Bonchev–Trinajstić information content (AvgIpc) is 4.20. The fourth-order valence-corrected chi connectivity index (χ4v) is 9.98. The standard InChI is InChI=1S/C24H18N4S.C18H17N3O2S.C15H14N4S/c1-2-11-20(12-3-1)28-23(22-14-6-10-19-9-4-5-13-21(19)22)27-24(29-28)26-17-18-8-7-15-25-16-18;1-2-23-16(22)13-19-18-20-17(14-9-5-3-6-10-14)21(24-18)15-11-7-4-8-12-15;1-12-18-15(17-11-13-6-5-9-16-10-13)20-19(12)14-7-3-2-4-8-14/h1-16H,17H2;3-12H,2,13H2,1H3;2-10H,11H2,1H3/b26-24-;19-18+;17-15-. The van der Waals surface area contributed by atoms with Crippen molar-refractivity contribution in [2.75, 3.05) is 13.2 Å². The second-order valence-corrected chi connectivity index (χ2v) is 18.6. The molecular weight excluding hydrogens is 967 g/mol. The predicted octanol–water partition coefficient (Wildman–Crippen LogP) is 11.1. The molecule has 0 saturated heterocycles. The van der Waals surface area contributed by atoms with Gasteiger partial charge in [-0.15, -0.1) is 0 Å². The maximum Gasteiger partial charge on any atom is 0.327 e. The van der Waals surface area contributed by atoms with E-state index in [1.54, 1.807) is 42.4 Å². The Balaban J connectivity index is 0.000000137. The lowest BCUT2D eigenvalue weighted by molar-refractivity contribution is -0.141. The summed E-state index contributed by atoms with van der Waals surface area (Å²) in [5.41, 5.74) is 7.46. The summed E-state index contributed by atoms with van der Waals surface area (Å²) in [6.07, 6.45) is 7.21. The zero-order valence-corrected chi connectivity index (χ0v) is 42.4. The van der Waals surface area contributed by atoms with Gasteiger partial charge in [-0.2, -0.15) is 9.97 Å². The summed E-state index contributed by atoms with van der Waals surface area (Å²) in [5.74, 6) is 2.31.